The Morgan fingerprint density at radius 1 is 1.43 bits per heavy atom. The molecule has 14 heavy (non-hydrogen) atoms. The zero-order valence-electron chi connectivity index (χ0n) is 8.01. The molecular weight excluding hydrogens is 178 g/mol. The molecule has 2 heterocycles. The van der Waals surface area contributed by atoms with Gasteiger partial charge in [0.2, 0.25) is 0 Å². The third-order valence-corrected chi connectivity index (χ3v) is 3.42. The summed E-state index contributed by atoms with van der Waals surface area (Å²) >= 11 is 0. The first-order valence-corrected chi connectivity index (χ1v) is 5.18. The van der Waals surface area contributed by atoms with Gasteiger partial charge in [-0.15, -0.1) is 0 Å². The Morgan fingerprint density at radius 2 is 2.36 bits per heavy atom. The molecule has 0 bridgehead atoms. The maximum atomic E-state index is 11.9. The molecule has 3 rings (SSSR count). The van der Waals surface area contributed by atoms with E-state index in [1.165, 1.54) is 0 Å². The van der Waals surface area contributed by atoms with Crippen LogP contribution in [0.15, 0.2) is 16.7 Å². The fraction of sp³-hybridized carbons (Fsp3) is 0.545. The van der Waals surface area contributed by atoms with Crippen LogP contribution in [0.4, 0.5) is 0 Å². The predicted molar refractivity (Wildman–Crippen MR) is 51.0 cm³/mol. The lowest BCUT2D eigenvalue weighted by molar-refractivity contribution is -0.123. The highest BCUT2D eigenvalue weighted by atomic mass is 16.3. The third-order valence-electron chi connectivity index (χ3n) is 3.42. The van der Waals surface area contributed by atoms with Crippen LogP contribution < -0.4 is 5.32 Å². The molecular formula is C11H13NO2. The van der Waals surface area contributed by atoms with Gasteiger partial charge in [0.25, 0.3) is 0 Å². The van der Waals surface area contributed by atoms with Gasteiger partial charge in [0.1, 0.15) is 11.3 Å². The summed E-state index contributed by atoms with van der Waals surface area (Å²) in [7, 11) is 0. The molecule has 1 aromatic heterocycles. The van der Waals surface area contributed by atoms with Gasteiger partial charge in [0.15, 0.2) is 5.78 Å². The molecule has 1 saturated heterocycles. The molecule has 1 aromatic rings. The van der Waals surface area contributed by atoms with Crippen molar-refractivity contribution in [3.8, 4) is 0 Å². The molecule has 0 amide bonds. The van der Waals surface area contributed by atoms with E-state index in [2.05, 4.69) is 5.32 Å². The number of fused-ring (bicyclic) bond motifs is 2. The third kappa shape index (κ3) is 0.879. The first-order chi connectivity index (χ1) is 6.83. The Kier molecular flexibility index (Phi) is 1.59. The minimum Gasteiger partial charge on any atom is -0.469 e. The van der Waals surface area contributed by atoms with Gasteiger partial charge in [-0.1, -0.05) is 0 Å². The molecule has 1 fully saturated rings. The smallest absolute Gasteiger partial charge is 0.158 e. The molecule has 1 atom stereocenters. The highest BCUT2D eigenvalue weighted by molar-refractivity contribution is 5.92. The van der Waals surface area contributed by atoms with E-state index in [0.29, 0.717) is 12.2 Å². The summed E-state index contributed by atoms with van der Waals surface area (Å²) in [5.74, 6) is 1.33. The summed E-state index contributed by atoms with van der Waals surface area (Å²) in [6.07, 6.45) is 5.30. The summed E-state index contributed by atoms with van der Waals surface area (Å²) in [4.78, 5) is 11.9. The maximum absolute atomic E-state index is 11.9. The Morgan fingerprint density at radius 3 is 3.14 bits per heavy atom. The van der Waals surface area contributed by atoms with Crippen LogP contribution in [-0.4, -0.2) is 12.3 Å². The van der Waals surface area contributed by atoms with E-state index in [1.54, 1.807) is 6.26 Å². The lowest BCUT2D eigenvalue weighted by Crippen LogP contribution is -2.44. The Labute approximate surface area is 82.5 Å². The minimum absolute atomic E-state index is 0.333. The number of aryl methyl sites for hydroxylation is 1. The summed E-state index contributed by atoms with van der Waals surface area (Å²) in [6.45, 7) is 0.809. The largest absolute Gasteiger partial charge is 0.469 e. The van der Waals surface area contributed by atoms with Gasteiger partial charge in [-0.3, -0.25) is 4.79 Å². The topological polar surface area (TPSA) is 42.2 Å². The van der Waals surface area contributed by atoms with E-state index >= 15 is 0 Å². The van der Waals surface area contributed by atoms with Gasteiger partial charge >= 0.3 is 0 Å². The molecule has 74 valence electrons. The van der Waals surface area contributed by atoms with Crippen LogP contribution in [-0.2, 0) is 16.8 Å². The number of carbonyl (C=O) groups excluding carboxylic acids is 1. The van der Waals surface area contributed by atoms with Crippen molar-refractivity contribution in [1.29, 1.82) is 0 Å². The molecule has 3 heteroatoms. The number of Topliss-reactive ketones (excluding diaryl/α,β-unsaturated/α-hetero) is 1. The summed E-state index contributed by atoms with van der Waals surface area (Å²) in [6, 6.07) is 1.95. The summed E-state index contributed by atoms with van der Waals surface area (Å²) in [5.41, 5.74) is 0.701. The summed E-state index contributed by atoms with van der Waals surface area (Å²) < 4.78 is 5.40. The second-order valence-corrected chi connectivity index (χ2v) is 4.12. The molecule has 2 aliphatic rings. The Hall–Kier alpha value is -1.09. The van der Waals surface area contributed by atoms with E-state index in [9.17, 15) is 4.79 Å². The van der Waals surface area contributed by atoms with Gasteiger partial charge in [-0.25, -0.2) is 0 Å². The second-order valence-electron chi connectivity index (χ2n) is 4.12. The van der Waals surface area contributed by atoms with Crippen molar-refractivity contribution < 1.29 is 9.21 Å². The van der Waals surface area contributed by atoms with Crippen molar-refractivity contribution >= 4 is 5.78 Å². The number of rotatable bonds is 0. The number of carbonyl (C=O) groups is 1. The number of furan rings is 1. The molecule has 0 radical (unpaired) electrons. The maximum Gasteiger partial charge on any atom is 0.158 e. The first-order valence-electron chi connectivity index (χ1n) is 5.18. The molecule has 1 unspecified atom stereocenters. The fourth-order valence-electron chi connectivity index (χ4n) is 2.74. The zero-order chi connectivity index (χ0) is 9.60. The highest BCUT2D eigenvalue weighted by Gasteiger charge is 2.46. The Bertz CT molecular complexity index is 382. The average Bonchev–Trinajstić information content (AvgIpc) is 2.76. The van der Waals surface area contributed by atoms with Crippen LogP contribution >= 0.6 is 0 Å². The van der Waals surface area contributed by atoms with E-state index in [0.717, 1.165) is 37.1 Å². The second kappa shape index (κ2) is 2.70. The molecule has 3 nitrogen and oxygen atoms in total. The zero-order valence-corrected chi connectivity index (χ0v) is 8.01. The normalized spacial score (nSPS) is 31.0. The van der Waals surface area contributed by atoms with Gasteiger partial charge in [0.05, 0.1) is 6.26 Å². The number of hydrogen-bond donors (Lipinski definition) is 1. The average molecular weight is 191 g/mol. The quantitative estimate of drug-likeness (QED) is 0.673. The molecule has 1 aliphatic heterocycles. The van der Waals surface area contributed by atoms with Gasteiger partial charge in [-0.2, -0.15) is 0 Å². The highest BCUT2D eigenvalue weighted by Crippen LogP contribution is 2.39. The monoisotopic (exact) mass is 191 g/mol. The SMILES string of the molecule is O=C1CCNC12CCCc1occc12. The van der Waals surface area contributed by atoms with E-state index in [1.807, 2.05) is 6.07 Å². The van der Waals surface area contributed by atoms with E-state index < -0.39 is 0 Å². The van der Waals surface area contributed by atoms with Crippen molar-refractivity contribution in [1.82, 2.24) is 5.32 Å². The van der Waals surface area contributed by atoms with Gasteiger partial charge in [-0.05, 0) is 18.9 Å². The molecule has 1 aliphatic carbocycles. The van der Waals surface area contributed by atoms with E-state index in [4.69, 9.17) is 4.42 Å². The van der Waals surface area contributed by atoms with Crippen molar-refractivity contribution in [2.24, 2.45) is 0 Å². The van der Waals surface area contributed by atoms with Crippen LogP contribution in [0.2, 0.25) is 0 Å². The van der Waals surface area contributed by atoms with Gasteiger partial charge < -0.3 is 9.73 Å². The first kappa shape index (κ1) is 8.24. The standard InChI is InChI=1S/C11H13NO2/c13-10-3-6-12-11(10)5-1-2-9-8(11)4-7-14-9/h4,7,12H,1-3,5-6H2. The lowest BCUT2D eigenvalue weighted by atomic mass is 9.78. The number of nitrogens with one attached hydrogen (secondary N) is 1. The van der Waals surface area contributed by atoms with Crippen LogP contribution in [0.5, 0.6) is 0 Å². The molecule has 1 spiro atoms. The van der Waals surface area contributed by atoms with Crippen LogP contribution in [0.3, 0.4) is 0 Å². The van der Waals surface area contributed by atoms with Crippen LogP contribution in [0.25, 0.3) is 0 Å². The van der Waals surface area contributed by atoms with Crippen molar-refractivity contribution in [3.05, 3.63) is 23.7 Å². The Balaban J connectivity index is 2.15. The molecule has 1 N–H and O–H groups in total. The van der Waals surface area contributed by atoms with Crippen molar-refractivity contribution in [3.63, 3.8) is 0 Å². The van der Waals surface area contributed by atoms with Crippen LogP contribution in [0.1, 0.15) is 30.6 Å². The van der Waals surface area contributed by atoms with Crippen molar-refractivity contribution in [2.75, 3.05) is 6.54 Å². The van der Waals surface area contributed by atoms with Gasteiger partial charge in [0, 0.05) is 24.9 Å². The molecule has 0 aromatic carbocycles. The lowest BCUT2D eigenvalue weighted by Gasteiger charge is -2.31. The number of ketones is 1. The number of hydrogen-bond acceptors (Lipinski definition) is 3. The van der Waals surface area contributed by atoms with E-state index in [-0.39, 0.29) is 5.54 Å². The fourth-order valence-corrected chi connectivity index (χ4v) is 2.74. The van der Waals surface area contributed by atoms with Crippen LogP contribution in [0, 0.1) is 0 Å². The molecule has 0 saturated carbocycles. The van der Waals surface area contributed by atoms with Crippen molar-refractivity contribution in [2.45, 2.75) is 31.2 Å². The predicted octanol–water partition coefficient (Wildman–Crippen LogP) is 1.37. The summed E-state index contributed by atoms with van der Waals surface area (Å²) in [5, 5.41) is 3.35. The minimum atomic E-state index is -0.388.